The molecular weight excluding hydrogens is 344 g/mol. The van der Waals surface area contributed by atoms with E-state index in [2.05, 4.69) is 21.2 Å². The number of halogens is 2. The first-order chi connectivity index (χ1) is 9.58. The van der Waals surface area contributed by atoms with Crippen LogP contribution in [0.25, 0.3) is 0 Å². The molecule has 1 aromatic rings. The monoisotopic (exact) mass is 358 g/mol. The van der Waals surface area contributed by atoms with Crippen LogP contribution >= 0.6 is 27.5 Å². The van der Waals surface area contributed by atoms with Gasteiger partial charge in [-0.1, -0.05) is 11.6 Å². The first kappa shape index (κ1) is 15.3. The van der Waals surface area contributed by atoms with Crippen LogP contribution in [0.4, 0.5) is 0 Å². The van der Waals surface area contributed by atoms with Crippen molar-refractivity contribution in [2.75, 3.05) is 19.6 Å². The van der Waals surface area contributed by atoms with Crippen LogP contribution in [0.2, 0.25) is 5.02 Å². The van der Waals surface area contributed by atoms with Crippen LogP contribution in [0.1, 0.15) is 29.6 Å². The first-order valence-corrected chi connectivity index (χ1v) is 7.76. The van der Waals surface area contributed by atoms with Crippen molar-refractivity contribution in [3.63, 3.8) is 0 Å². The van der Waals surface area contributed by atoms with Crippen LogP contribution in [-0.4, -0.2) is 36.3 Å². The molecule has 4 nitrogen and oxygen atoms in total. The Morgan fingerprint density at radius 1 is 1.30 bits per heavy atom. The number of hydrogen-bond donors (Lipinski definition) is 1. The van der Waals surface area contributed by atoms with Gasteiger partial charge in [-0.3, -0.25) is 9.59 Å². The number of hydrogen-bond acceptors (Lipinski definition) is 2. The second-order valence-electron chi connectivity index (χ2n) is 4.72. The van der Waals surface area contributed by atoms with Crippen molar-refractivity contribution in [3.05, 3.63) is 33.3 Å². The van der Waals surface area contributed by atoms with E-state index in [1.165, 1.54) is 0 Å². The zero-order chi connectivity index (χ0) is 14.5. The minimum Gasteiger partial charge on any atom is -0.351 e. The Bertz CT molecular complexity index is 516. The van der Waals surface area contributed by atoms with Crippen molar-refractivity contribution in [2.45, 2.75) is 19.3 Å². The van der Waals surface area contributed by atoms with Crippen molar-refractivity contribution in [1.82, 2.24) is 10.2 Å². The van der Waals surface area contributed by atoms with Gasteiger partial charge in [0.05, 0.1) is 5.56 Å². The Morgan fingerprint density at radius 2 is 2.00 bits per heavy atom. The Labute approximate surface area is 131 Å². The highest BCUT2D eigenvalue weighted by molar-refractivity contribution is 9.10. The maximum atomic E-state index is 12.0. The second-order valence-corrected chi connectivity index (χ2v) is 6.01. The minimum absolute atomic E-state index is 0.109. The molecule has 0 aliphatic carbocycles. The molecule has 0 saturated carbocycles. The van der Waals surface area contributed by atoms with E-state index in [0.29, 0.717) is 28.0 Å². The molecular formula is C14H16BrClN2O2. The molecule has 1 aromatic carbocycles. The summed E-state index contributed by atoms with van der Waals surface area (Å²) in [5.74, 6) is -0.0965. The highest BCUT2D eigenvalue weighted by Gasteiger charge is 2.17. The lowest BCUT2D eigenvalue weighted by Crippen LogP contribution is -2.32. The van der Waals surface area contributed by atoms with Gasteiger partial charge in [0.2, 0.25) is 5.91 Å². The molecule has 1 aliphatic rings. The largest absolute Gasteiger partial charge is 0.351 e. The van der Waals surface area contributed by atoms with Crippen LogP contribution < -0.4 is 5.32 Å². The molecule has 6 heteroatoms. The Hall–Kier alpha value is -1.07. The van der Waals surface area contributed by atoms with E-state index in [0.717, 1.165) is 25.9 Å². The Balaban J connectivity index is 1.81. The summed E-state index contributed by atoms with van der Waals surface area (Å²) in [6, 6.07) is 4.99. The second kappa shape index (κ2) is 7.09. The van der Waals surface area contributed by atoms with Gasteiger partial charge in [0, 0.05) is 35.6 Å². The summed E-state index contributed by atoms with van der Waals surface area (Å²) in [5.41, 5.74) is 0.517. The van der Waals surface area contributed by atoms with Gasteiger partial charge < -0.3 is 10.2 Å². The van der Waals surface area contributed by atoms with Crippen LogP contribution in [0.5, 0.6) is 0 Å². The SMILES string of the molecule is O=C(NCCC(=O)N1CCCC1)c1ccc(Cl)cc1Br. The summed E-state index contributed by atoms with van der Waals surface area (Å²) in [6.07, 6.45) is 2.50. The highest BCUT2D eigenvalue weighted by Crippen LogP contribution is 2.21. The minimum atomic E-state index is -0.206. The smallest absolute Gasteiger partial charge is 0.252 e. The van der Waals surface area contributed by atoms with Gasteiger partial charge in [0.15, 0.2) is 0 Å². The third-order valence-electron chi connectivity index (χ3n) is 3.26. The summed E-state index contributed by atoms with van der Waals surface area (Å²) >= 11 is 9.13. The summed E-state index contributed by atoms with van der Waals surface area (Å²) in [5, 5.41) is 3.32. The molecule has 1 heterocycles. The van der Waals surface area contributed by atoms with Gasteiger partial charge in [-0.15, -0.1) is 0 Å². The number of carbonyl (C=O) groups is 2. The Kier molecular flexibility index (Phi) is 5.43. The Morgan fingerprint density at radius 3 is 2.65 bits per heavy atom. The molecule has 0 atom stereocenters. The molecule has 1 saturated heterocycles. The van der Waals surface area contributed by atoms with Gasteiger partial charge >= 0.3 is 0 Å². The third kappa shape index (κ3) is 3.96. The lowest BCUT2D eigenvalue weighted by molar-refractivity contribution is -0.129. The van der Waals surface area contributed by atoms with Crippen LogP contribution in [0.3, 0.4) is 0 Å². The van der Waals surface area contributed by atoms with Gasteiger partial charge in [-0.05, 0) is 47.0 Å². The fraction of sp³-hybridized carbons (Fsp3) is 0.429. The van der Waals surface area contributed by atoms with Crippen LogP contribution in [-0.2, 0) is 4.79 Å². The standard InChI is InChI=1S/C14H16BrClN2O2/c15-12-9-10(16)3-4-11(12)14(20)17-6-5-13(19)18-7-1-2-8-18/h3-4,9H,1-2,5-8H2,(H,17,20). The number of rotatable bonds is 4. The third-order valence-corrected chi connectivity index (χ3v) is 4.15. The average Bonchev–Trinajstić information content (AvgIpc) is 2.92. The fourth-order valence-corrected chi connectivity index (χ4v) is 3.04. The molecule has 2 amide bonds. The number of amides is 2. The van der Waals surface area contributed by atoms with Crippen LogP contribution in [0, 0.1) is 0 Å². The number of likely N-dealkylation sites (tertiary alicyclic amines) is 1. The van der Waals surface area contributed by atoms with Gasteiger partial charge in [0.25, 0.3) is 5.91 Å². The molecule has 108 valence electrons. The molecule has 20 heavy (non-hydrogen) atoms. The zero-order valence-electron chi connectivity index (χ0n) is 11.0. The predicted molar refractivity (Wildman–Crippen MR) is 81.9 cm³/mol. The van der Waals surface area contributed by atoms with E-state index >= 15 is 0 Å². The lowest BCUT2D eigenvalue weighted by atomic mass is 10.2. The van der Waals surface area contributed by atoms with E-state index < -0.39 is 0 Å². The molecule has 0 bridgehead atoms. The van der Waals surface area contributed by atoms with Crippen molar-refractivity contribution >= 4 is 39.3 Å². The number of nitrogens with one attached hydrogen (secondary N) is 1. The van der Waals surface area contributed by atoms with Crippen molar-refractivity contribution in [1.29, 1.82) is 0 Å². The van der Waals surface area contributed by atoms with Crippen molar-refractivity contribution < 1.29 is 9.59 Å². The molecule has 2 rings (SSSR count). The van der Waals surface area contributed by atoms with E-state index in [4.69, 9.17) is 11.6 Å². The van der Waals surface area contributed by atoms with Gasteiger partial charge in [0.1, 0.15) is 0 Å². The normalized spacial score (nSPS) is 14.4. The van der Waals surface area contributed by atoms with E-state index in [-0.39, 0.29) is 11.8 Å². The summed E-state index contributed by atoms with van der Waals surface area (Å²) in [6.45, 7) is 2.04. The molecule has 1 N–H and O–H groups in total. The quantitative estimate of drug-likeness (QED) is 0.898. The maximum Gasteiger partial charge on any atom is 0.252 e. The molecule has 0 unspecified atom stereocenters. The fourth-order valence-electron chi connectivity index (χ4n) is 2.18. The summed E-state index contributed by atoms with van der Waals surface area (Å²) in [7, 11) is 0. The summed E-state index contributed by atoms with van der Waals surface area (Å²) in [4.78, 5) is 25.6. The van der Waals surface area contributed by atoms with Gasteiger partial charge in [-0.2, -0.15) is 0 Å². The summed E-state index contributed by atoms with van der Waals surface area (Å²) < 4.78 is 0.647. The average molecular weight is 360 g/mol. The van der Waals surface area contributed by atoms with Crippen molar-refractivity contribution in [3.8, 4) is 0 Å². The predicted octanol–water partition coefficient (Wildman–Crippen LogP) is 2.84. The topological polar surface area (TPSA) is 49.4 Å². The van der Waals surface area contributed by atoms with E-state index in [1.54, 1.807) is 18.2 Å². The molecule has 1 aliphatic heterocycles. The number of nitrogens with zero attached hydrogens (tertiary/aromatic N) is 1. The first-order valence-electron chi connectivity index (χ1n) is 6.59. The number of carbonyl (C=O) groups excluding carboxylic acids is 2. The maximum absolute atomic E-state index is 12.0. The zero-order valence-corrected chi connectivity index (χ0v) is 13.3. The van der Waals surface area contributed by atoms with E-state index in [1.807, 2.05) is 4.90 Å². The van der Waals surface area contributed by atoms with E-state index in [9.17, 15) is 9.59 Å². The van der Waals surface area contributed by atoms with Crippen molar-refractivity contribution in [2.24, 2.45) is 0 Å². The van der Waals surface area contributed by atoms with Gasteiger partial charge in [-0.25, -0.2) is 0 Å². The lowest BCUT2D eigenvalue weighted by Gasteiger charge is -2.15. The van der Waals surface area contributed by atoms with Crippen LogP contribution in [0.15, 0.2) is 22.7 Å². The molecule has 1 fully saturated rings. The highest BCUT2D eigenvalue weighted by atomic mass is 79.9. The molecule has 0 aromatic heterocycles. The molecule has 0 radical (unpaired) electrons. The molecule has 0 spiro atoms. The number of benzene rings is 1.